The topological polar surface area (TPSA) is 27.7 Å². The summed E-state index contributed by atoms with van der Waals surface area (Å²) >= 11 is 0. The average molecular weight is 371 g/mol. The summed E-state index contributed by atoms with van der Waals surface area (Å²) in [7, 11) is 0. The highest BCUT2D eigenvalue weighted by atomic mass is 16.5. The molecular weight excluding hydrogens is 336 g/mol. The number of benzene rings is 2. The monoisotopic (exact) mass is 370 g/mol. The fourth-order valence-electron chi connectivity index (χ4n) is 2.80. The number of rotatable bonds is 14. The summed E-state index contributed by atoms with van der Waals surface area (Å²) in [5.41, 5.74) is 2.68. The van der Waals surface area contributed by atoms with Gasteiger partial charge in [0.15, 0.2) is 0 Å². The lowest BCUT2D eigenvalue weighted by Gasteiger charge is -2.08. The molecule has 27 heavy (non-hydrogen) atoms. The SMILES string of the molecule is CCCOc1ccc(CCCOCCCc2ccc(OCCC)cc2)cc1. The number of aryl methyl sites for hydroxylation is 2. The van der Waals surface area contributed by atoms with Crippen molar-refractivity contribution in [3.05, 3.63) is 59.7 Å². The fraction of sp³-hybridized carbons (Fsp3) is 0.500. The molecule has 0 aliphatic rings. The van der Waals surface area contributed by atoms with E-state index in [4.69, 9.17) is 14.2 Å². The lowest BCUT2D eigenvalue weighted by atomic mass is 10.1. The molecule has 0 bridgehead atoms. The predicted molar refractivity (Wildman–Crippen MR) is 112 cm³/mol. The van der Waals surface area contributed by atoms with Gasteiger partial charge in [-0.3, -0.25) is 0 Å². The minimum absolute atomic E-state index is 0.782. The van der Waals surface area contributed by atoms with Crippen molar-refractivity contribution >= 4 is 0 Å². The zero-order valence-electron chi connectivity index (χ0n) is 16.9. The lowest BCUT2D eigenvalue weighted by Crippen LogP contribution is -2.00. The Morgan fingerprint density at radius 1 is 0.556 bits per heavy atom. The highest BCUT2D eigenvalue weighted by Crippen LogP contribution is 2.15. The van der Waals surface area contributed by atoms with E-state index in [9.17, 15) is 0 Å². The highest BCUT2D eigenvalue weighted by Gasteiger charge is 1.98. The van der Waals surface area contributed by atoms with Crippen LogP contribution in [0.4, 0.5) is 0 Å². The van der Waals surface area contributed by atoms with Crippen molar-refractivity contribution in [3.63, 3.8) is 0 Å². The van der Waals surface area contributed by atoms with Crippen LogP contribution >= 0.6 is 0 Å². The van der Waals surface area contributed by atoms with Crippen molar-refractivity contribution in [2.24, 2.45) is 0 Å². The molecule has 148 valence electrons. The first-order valence-corrected chi connectivity index (χ1v) is 10.3. The van der Waals surface area contributed by atoms with Gasteiger partial charge in [-0.1, -0.05) is 38.1 Å². The molecule has 3 heteroatoms. The van der Waals surface area contributed by atoms with Gasteiger partial charge in [-0.15, -0.1) is 0 Å². The molecule has 0 unspecified atom stereocenters. The minimum atomic E-state index is 0.782. The van der Waals surface area contributed by atoms with E-state index < -0.39 is 0 Å². The molecule has 2 rings (SSSR count). The predicted octanol–water partition coefficient (Wildman–Crippen LogP) is 5.85. The van der Waals surface area contributed by atoms with Crippen LogP contribution in [0.2, 0.25) is 0 Å². The molecule has 2 aromatic rings. The maximum atomic E-state index is 5.78. The van der Waals surface area contributed by atoms with Gasteiger partial charge >= 0.3 is 0 Å². The first kappa shape index (κ1) is 21.3. The Morgan fingerprint density at radius 3 is 1.33 bits per heavy atom. The van der Waals surface area contributed by atoms with Gasteiger partial charge in [-0.05, 0) is 73.9 Å². The quantitative estimate of drug-likeness (QED) is 0.391. The maximum absolute atomic E-state index is 5.78. The molecule has 0 amide bonds. The molecule has 2 aromatic carbocycles. The molecule has 0 atom stereocenters. The zero-order chi connectivity index (χ0) is 19.2. The summed E-state index contributed by atoms with van der Waals surface area (Å²) in [5.74, 6) is 1.92. The molecule has 0 N–H and O–H groups in total. The van der Waals surface area contributed by atoms with Crippen LogP contribution in [0.3, 0.4) is 0 Å². The largest absolute Gasteiger partial charge is 0.494 e. The molecular formula is C24H34O3. The van der Waals surface area contributed by atoms with Crippen LogP contribution in [-0.2, 0) is 17.6 Å². The lowest BCUT2D eigenvalue weighted by molar-refractivity contribution is 0.130. The third kappa shape index (κ3) is 8.96. The van der Waals surface area contributed by atoms with Crippen molar-refractivity contribution in [3.8, 4) is 11.5 Å². The smallest absolute Gasteiger partial charge is 0.119 e. The van der Waals surface area contributed by atoms with E-state index in [1.807, 2.05) is 0 Å². The zero-order valence-corrected chi connectivity index (χ0v) is 16.9. The Kier molecular flexibility index (Phi) is 10.4. The van der Waals surface area contributed by atoms with E-state index in [2.05, 4.69) is 62.4 Å². The molecule has 0 saturated heterocycles. The molecule has 3 nitrogen and oxygen atoms in total. The van der Waals surface area contributed by atoms with E-state index in [1.54, 1.807) is 0 Å². The summed E-state index contributed by atoms with van der Waals surface area (Å²) in [5, 5.41) is 0. The van der Waals surface area contributed by atoms with Crippen LogP contribution in [0.25, 0.3) is 0 Å². The Bertz CT molecular complexity index is 549. The van der Waals surface area contributed by atoms with Gasteiger partial charge < -0.3 is 14.2 Å². The summed E-state index contributed by atoms with van der Waals surface area (Å²) in [4.78, 5) is 0. The highest BCUT2D eigenvalue weighted by molar-refractivity contribution is 5.28. The second-order valence-electron chi connectivity index (χ2n) is 6.80. The van der Waals surface area contributed by atoms with Crippen LogP contribution < -0.4 is 9.47 Å². The van der Waals surface area contributed by atoms with Crippen LogP contribution in [0.15, 0.2) is 48.5 Å². The summed E-state index contributed by atoms with van der Waals surface area (Å²) in [6.45, 7) is 7.44. The minimum Gasteiger partial charge on any atom is -0.494 e. The number of hydrogen-bond acceptors (Lipinski definition) is 3. The Labute approximate surface area is 164 Å². The van der Waals surface area contributed by atoms with Crippen molar-refractivity contribution in [1.82, 2.24) is 0 Å². The van der Waals surface area contributed by atoms with E-state index >= 15 is 0 Å². The van der Waals surface area contributed by atoms with Gasteiger partial charge in [-0.2, -0.15) is 0 Å². The summed E-state index contributed by atoms with van der Waals surface area (Å²) in [6.07, 6.45) is 6.29. The van der Waals surface area contributed by atoms with Gasteiger partial charge in [-0.25, -0.2) is 0 Å². The van der Waals surface area contributed by atoms with E-state index in [-0.39, 0.29) is 0 Å². The normalized spacial score (nSPS) is 10.7. The van der Waals surface area contributed by atoms with Crippen LogP contribution in [-0.4, -0.2) is 26.4 Å². The first-order chi connectivity index (χ1) is 13.3. The molecule has 0 spiro atoms. The van der Waals surface area contributed by atoms with E-state index in [1.165, 1.54) is 11.1 Å². The molecule has 0 heterocycles. The molecule has 0 aliphatic carbocycles. The molecule has 0 radical (unpaired) electrons. The summed E-state index contributed by atoms with van der Waals surface area (Å²) in [6, 6.07) is 16.8. The molecule has 0 saturated carbocycles. The van der Waals surface area contributed by atoms with Crippen molar-refractivity contribution in [2.75, 3.05) is 26.4 Å². The molecule has 0 aromatic heterocycles. The number of hydrogen-bond donors (Lipinski definition) is 0. The fourth-order valence-corrected chi connectivity index (χ4v) is 2.80. The van der Waals surface area contributed by atoms with E-state index in [0.717, 1.165) is 76.5 Å². The standard InChI is InChI=1S/C24H34O3/c1-3-17-26-23-13-9-21(10-14-23)7-5-19-25-20-6-8-22-11-15-24(16-12-22)27-18-4-2/h9-16H,3-8,17-20H2,1-2H3. The second kappa shape index (κ2) is 13.2. The van der Waals surface area contributed by atoms with Crippen molar-refractivity contribution in [2.45, 2.75) is 52.4 Å². The van der Waals surface area contributed by atoms with Crippen LogP contribution in [0.5, 0.6) is 11.5 Å². The van der Waals surface area contributed by atoms with Crippen molar-refractivity contribution < 1.29 is 14.2 Å². The Hall–Kier alpha value is -2.00. The number of ether oxygens (including phenoxy) is 3. The van der Waals surface area contributed by atoms with Gasteiger partial charge in [0.1, 0.15) is 11.5 Å². The maximum Gasteiger partial charge on any atom is 0.119 e. The average Bonchev–Trinajstić information content (AvgIpc) is 2.71. The van der Waals surface area contributed by atoms with Gasteiger partial charge in [0.2, 0.25) is 0 Å². The van der Waals surface area contributed by atoms with Crippen LogP contribution in [0, 0.1) is 0 Å². The van der Waals surface area contributed by atoms with Gasteiger partial charge in [0.05, 0.1) is 13.2 Å². The van der Waals surface area contributed by atoms with Crippen LogP contribution in [0.1, 0.15) is 50.7 Å². The third-order valence-corrected chi connectivity index (χ3v) is 4.30. The second-order valence-corrected chi connectivity index (χ2v) is 6.80. The Morgan fingerprint density at radius 2 is 0.963 bits per heavy atom. The first-order valence-electron chi connectivity index (χ1n) is 10.3. The summed E-state index contributed by atoms with van der Waals surface area (Å²) < 4.78 is 17.0. The van der Waals surface area contributed by atoms with Crippen molar-refractivity contribution in [1.29, 1.82) is 0 Å². The van der Waals surface area contributed by atoms with Gasteiger partial charge in [0, 0.05) is 13.2 Å². The third-order valence-electron chi connectivity index (χ3n) is 4.30. The molecule has 0 fully saturated rings. The molecule has 0 aliphatic heterocycles. The Balaban J connectivity index is 1.52. The van der Waals surface area contributed by atoms with E-state index in [0.29, 0.717) is 0 Å². The van der Waals surface area contributed by atoms with Gasteiger partial charge in [0.25, 0.3) is 0 Å².